The fourth-order valence-electron chi connectivity index (χ4n) is 2.44. The van der Waals surface area contributed by atoms with E-state index in [9.17, 15) is 9.59 Å². The van der Waals surface area contributed by atoms with E-state index < -0.39 is 5.97 Å². The summed E-state index contributed by atoms with van der Waals surface area (Å²) >= 11 is 0. The third-order valence-corrected chi connectivity index (χ3v) is 3.93. The van der Waals surface area contributed by atoms with Crippen LogP contribution in [0.2, 0.25) is 0 Å². The number of likely N-dealkylation sites (N-methyl/N-ethyl adjacent to an activating group) is 1. The van der Waals surface area contributed by atoms with Gasteiger partial charge in [-0.3, -0.25) is 10.2 Å². The number of hydrogen-bond donors (Lipinski definition) is 2. The topological polar surface area (TPSA) is 128 Å². The standard InChI is InChI=1S/C22H23N3O3.Ac.H2O/c1-3-15-25(4-2)21(26)17-8-10-18(11-9-17)22(27)28-19-12-5-16(6-13-19)7-14-20(23)24;;/h3,5-14H,1,4,15H2,2H3,(H3,23,24);;1H2/b14-7+;;. The molecule has 0 unspecified atom stereocenters. The summed E-state index contributed by atoms with van der Waals surface area (Å²) in [7, 11) is 0. The molecule has 1 amide bonds. The van der Waals surface area contributed by atoms with Gasteiger partial charge in [-0.1, -0.05) is 24.3 Å². The number of carbonyl (C=O) groups is 2. The monoisotopic (exact) mass is 622 g/mol. The van der Waals surface area contributed by atoms with Gasteiger partial charge in [0, 0.05) is 62.7 Å². The molecule has 8 heteroatoms. The van der Waals surface area contributed by atoms with Crippen LogP contribution in [0, 0.1) is 49.5 Å². The average molecular weight is 622 g/mol. The zero-order valence-electron chi connectivity index (χ0n) is 16.8. The van der Waals surface area contributed by atoms with Crippen LogP contribution < -0.4 is 10.5 Å². The minimum absolute atomic E-state index is 0. The van der Waals surface area contributed by atoms with Crippen LogP contribution in [0.25, 0.3) is 6.08 Å². The van der Waals surface area contributed by atoms with Crippen LogP contribution in [0.5, 0.6) is 5.75 Å². The van der Waals surface area contributed by atoms with E-state index in [1.54, 1.807) is 65.6 Å². The molecule has 0 aliphatic rings. The van der Waals surface area contributed by atoms with Gasteiger partial charge in [-0.25, -0.2) is 4.79 Å². The van der Waals surface area contributed by atoms with Crippen molar-refractivity contribution in [3.05, 3.63) is 84.0 Å². The van der Waals surface area contributed by atoms with Gasteiger partial charge < -0.3 is 20.8 Å². The van der Waals surface area contributed by atoms with Gasteiger partial charge in [0.05, 0.1) is 5.56 Å². The summed E-state index contributed by atoms with van der Waals surface area (Å²) in [5.41, 5.74) is 6.95. The number of esters is 1. The maximum atomic E-state index is 12.4. The second kappa shape index (κ2) is 13.9. The van der Waals surface area contributed by atoms with E-state index in [1.807, 2.05) is 6.92 Å². The van der Waals surface area contributed by atoms with Crippen LogP contribution in [-0.4, -0.2) is 41.2 Å². The number of hydrogen-bond acceptors (Lipinski definition) is 4. The molecular weight excluding hydrogens is 597 g/mol. The molecule has 155 valence electrons. The second-order valence-corrected chi connectivity index (χ2v) is 5.96. The smallest absolute Gasteiger partial charge is 0.343 e. The fraction of sp³-hybridized carbons (Fsp3) is 0.136. The molecule has 0 fully saturated rings. The minimum Gasteiger partial charge on any atom is -0.423 e. The van der Waals surface area contributed by atoms with Gasteiger partial charge in [0.15, 0.2) is 0 Å². The Morgan fingerprint density at radius 2 is 1.67 bits per heavy atom. The molecule has 0 heterocycles. The van der Waals surface area contributed by atoms with E-state index in [1.165, 1.54) is 6.08 Å². The van der Waals surface area contributed by atoms with E-state index >= 15 is 0 Å². The molecule has 0 atom stereocenters. The van der Waals surface area contributed by atoms with Crippen LogP contribution in [0.1, 0.15) is 33.2 Å². The Kier molecular flexibility index (Phi) is 12.8. The molecule has 0 bridgehead atoms. The van der Waals surface area contributed by atoms with E-state index in [0.29, 0.717) is 30.0 Å². The van der Waals surface area contributed by atoms with Gasteiger partial charge in [-0.2, -0.15) is 0 Å². The number of nitrogens with zero attached hydrogens (tertiary/aromatic N) is 1. The summed E-state index contributed by atoms with van der Waals surface area (Å²) < 4.78 is 5.35. The van der Waals surface area contributed by atoms with Crippen LogP contribution in [0.3, 0.4) is 0 Å². The number of nitrogens with one attached hydrogen (secondary N) is 1. The molecule has 0 saturated heterocycles. The number of amides is 1. The van der Waals surface area contributed by atoms with Gasteiger partial charge in [0.2, 0.25) is 0 Å². The van der Waals surface area contributed by atoms with Crippen molar-refractivity contribution in [2.75, 3.05) is 13.1 Å². The second-order valence-electron chi connectivity index (χ2n) is 5.96. The van der Waals surface area contributed by atoms with Gasteiger partial charge in [-0.05, 0) is 55.0 Å². The zero-order valence-corrected chi connectivity index (χ0v) is 21.5. The molecule has 2 rings (SSSR count). The Bertz CT molecular complexity index is 894. The third-order valence-electron chi connectivity index (χ3n) is 3.93. The fourth-order valence-corrected chi connectivity index (χ4v) is 2.44. The molecule has 0 saturated carbocycles. The SMILES string of the molecule is C=CCN(CC)C(=O)c1ccc(C(=O)Oc2ccc(/C=C/C(=N)N)cc2)cc1.O.[Ac]. The summed E-state index contributed by atoms with van der Waals surface area (Å²) in [5.74, 6) is -0.266. The van der Waals surface area contributed by atoms with Crippen LogP contribution >= 0.6 is 0 Å². The third kappa shape index (κ3) is 8.23. The number of ether oxygens (including phenoxy) is 1. The van der Waals surface area contributed by atoms with Gasteiger partial charge >= 0.3 is 5.97 Å². The average Bonchev–Trinajstić information content (AvgIpc) is 2.71. The van der Waals surface area contributed by atoms with Crippen molar-refractivity contribution in [2.45, 2.75) is 6.92 Å². The summed E-state index contributed by atoms with van der Waals surface area (Å²) in [6, 6.07) is 13.2. The maximum Gasteiger partial charge on any atom is 0.343 e. The van der Waals surface area contributed by atoms with Gasteiger partial charge in [-0.15, -0.1) is 6.58 Å². The first-order valence-electron chi connectivity index (χ1n) is 8.79. The van der Waals surface area contributed by atoms with E-state index in [4.69, 9.17) is 15.9 Å². The van der Waals surface area contributed by atoms with Crippen LogP contribution in [0.4, 0.5) is 0 Å². The van der Waals surface area contributed by atoms with Crippen molar-refractivity contribution in [1.29, 1.82) is 5.41 Å². The van der Waals surface area contributed by atoms with Gasteiger partial charge in [0.25, 0.3) is 5.91 Å². The van der Waals surface area contributed by atoms with Crippen LogP contribution in [-0.2, 0) is 0 Å². The predicted molar refractivity (Wildman–Crippen MR) is 114 cm³/mol. The Balaban J connectivity index is 0.00000420. The van der Waals surface area contributed by atoms with Crippen molar-refractivity contribution in [2.24, 2.45) is 5.73 Å². The maximum absolute atomic E-state index is 12.4. The number of nitrogens with two attached hydrogens (primary N) is 1. The minimum atomic E-state index is -0.510. The molecule has 7 nitrogen and oxygen atoms in total. The molecule has 0 aliphatic carbocycles. The first kappa shape index (κ1) is 27.7. The normalized spacial score (nSPS) is 9.77. The Labute approximate surface area is 212 Å². The molecule has 30 heavy (non-hydrogen) atoms. The van der Waals surface area contributed by atoms with E-state index in [0.717, 1.165) is 5.56 Å². The summed E-state index contributed by atoms with van der Waals surface area (Å²) in [6.07, 6.45) is 4.84. The Morgan fingerprint density at radius 3 is 2.17 bits per heavy atom. The Morgan fingerprint density at radius 1 is 1.10 bits per heavy atom. The molecule has 2 aromatic rings. The molecule has 1 radical (unpaired) electrons. The predicted octanol–water partition coefficient (Wildman–Crippen LogP) is 2.68. The zero-order chi connectivity index (χ0) is 20.5. The molecule has 0 spiro atoms. The largest absolute Gasteiger partial charge is 0.423 e. The molecular formula is C22H25AcN3O4. The van der Waals surface area contributed by atoms with Gasteiger partial charge in [0.1, 0.15) is 11.6 Å². The molecule has 2 aromatic carbocycles. The molecule has 5 N–H and O–H groups in total. The van der Waals surface area contributed by atoms with Crippen molar-refractivity contribution < 1.29 is 63.9 Å². The number of carbonyl (C=O) groups excluding carboxylic acids is 2. The summed E-state index contributed by atoms with van der Waals surface area (Å²) in [4.78, 5) is 26.4. The van der Waals surface area contributed by atoms with Crippen molar-refractivity contribution in [1.82, 2.24) is 4.90 Å². The summed E-state index contributed by atoms with van der Waals surface area (Å²) in [5, 5.41) is 7.16. The van der Waals surface area contributed by atoms with Crippen molar-refractivity contribution >= 4 is 23.8 Å². The number of amidine groups is 1. The Hall–Kier alpha value is -2.27. The number of rotatable bonds is 8. The number of benzene rings is 2. The first-order valence-corrected chi connectivity index (χ1v) is 8.79. The van der Waals surface area contributed by atoms with Crippen LogP contribution in [0.15, 0.2) is 67.3 Å². The van der Waals surface area contributed by atoms with E-state index in [2.05, 4.69) is 6.58 Å². The van der Waals surface area contributed by atoms with Crippen molar-refractivity contribution in [3.8, 4) is 5.75 Å². The quantitative estimate of drug-likeness (QED) is 0.154. The molecule has 0 aliphatic heterocycles. The summed E-state index contributed by atoms with van der Waals surface area (Å²) in [6.45, 7) is 6.59. The first-order chi connectivity index (χ1) is 13.4. The molecule has 0 aromatic heterocycles. The van der Waals surface area contributed by atoms with Crippen molar-refractivity contribution in [3.63, 3.8) is 0 Å². The van der Waals surface area contributed by atoms with E-state index in [-0.39, 0.29) is 61.3 Å².